The fourth-order valence-electron chi connectivity index (χ4n) is 3.80. The average molecular weight is 365 g/mol. The summed E-state index contributed by atoms with van der Waals surface area (Å²) in [7, 11) is 1.54. The fraction of sp³-hybridized carbons (Fsp3) is 0.350. The molecule has 0 aliphatic carbocycles. The number of hydrogen-bond donors (Lipinski definition) is 2. The molecule has 140 valence electrons. The van der Waals surface area contributed by atoms with E-state index in [0.717, 1.165) is 25.2 Å². The highest BCUT2D eigenvalue weighted by atomic mass is 16.3. The maximum Gasteiger partial charge on any atom is 0.290 e. The lowest BCUT2D eigenvalue weighted by molar-refractivity contribution is 0.0953. The largest absolute Gasteiger partial charge is 0.392 e. The molecular weight excluding hydrogens is 342 g/mol. The molecule has 1 aliphatic heterocycles. The summed E-state index contributed by atoms with van der Waals surface area (Å²) in [6.07, 6.45) is 2.94. The molecule has 0 radical (unpaired) electrons. The third-order valence-electron chi connectivity index (χ3n) is 5.51. The van der Waals surface area contributed by atoms with Crippen molar-refractivity contribution in [1.82, 2.24) is 19.9 Å². The molecule has 0 bridgehead atoms. The topological polar surface area (TPSA) is 82.8 Å². The molecule has 7 nitrogen and oxygen atoms in total. The van der Waals surface area contributed by atoms with E-state index in [1.807, 2.05) is 18.3 Å². The van der Waals surface area contributed by atoms with Crippen LogP contribution in [0.3, 0.4) is 0 Å². The van der Waals surface area contributed by atoms with Crippen LogP contribution in [0.2, 0.25) is 0 Å². The zero-order valence-electron chi connectivity index (χ0n) is 15.5. The van der Waals surface area contributed by atoms with E-state index < -0.39 is 0 Å². The number of rotatable bonds is 5. The summed E-state index contributed by atoms with van der Waals surface area (Å²) in [6, 6.07) is 12.5. The first-order chi connectivity index (χ1) is 13.1. The second-order valence-electron chi connectivity index (χ2n) is 7.02. The first-order valence-corrected chi connectivity index (χ1v) is 9.13. The molecule has 2 N–H and O–H groups in total. The van der Waals surface area contributed by atoms with Gasteiger partial charge < -0.3 is 15.3 Å². The highest BCUT2D eigenvalue weighted by Gasteiger charge is 2.43. The van der Waals surface area contributed by atoms with E-state index in [1.54, 1.807) is 11.6 Å². The van der Waals surface area contributed by atoms with E-state index in [9.17, 15) is 9.90 Å². The van der Waals surface area contributed by atoms with E-state index in [4.69, 9.17) is 0 Å². The lowest BCUT2D eigenvalue weighted by Crippen LogP contribution is -2.59. The van der Waals surface area contributed by atoms with Crippen molar-refractivity contribution in [2.24, 2.45) is 0 Å². The highest BCUT2D eigenvalue weighted by Crippen LogP contribution is 2.40. The fourth-order valence-corrected chi connectivity index (χ4v) is 3.80. The Morgan fingerprint density at radius 2 is 2.04 bits per heavy atom. The lowest BCUT2D eigenvalue weighted by atomic mass is 9.71. The molecule has 7 heteroatoms. The minimum absolute atomic E-state index is 0.0974. The van der Waals surface area contributed by atoms with Crippen LogP contribution in [-0.2, 0) is 12.0 Å². The van der Waals surface area contributed by atoms with Crippen LogP contribution < -0.4 is 10.2 Å². The Balaban J connectivity index is 1.66. The van der Waals surface area contributed by atoms with E-state index in [-0.39, 0.29) is 23.8 Å². The van der Waals surface area contributed by atoms with Crippen molar-refractivity contribution in [3.05, 3.63) is 59.5 Å². The van der Waals surface area contributed by atoms with Crippen molar-refractivity contribution in [1.29, 1.82) is 0 Å². The van der Waals surface area contributed by atoms with E-state index in [2.05, 4.69) is 51.5 Å². The number of nitrogens with zero attached hydrogens (tertiary/aromatic N) is 4. The van der Waals surface area contributed by atoms with E-state index >= 15 is 0 Å². The van der Waals surface area contributed by atoms with Gasteiger partial charge in [-0.05, 0) is 18.1 Å². The zero-order valence-corrected chi connectivity index (χ0v) is 15.5. The number of pyridine rings is 1. The standard InChI is InChI=1S/C20H23N5O2/c1-3-20(15-7-5-4-6-8-15)12-24(13-20)16-9-14(11-26)18-22-17(19(27)21-2)23-25(18)10-16/h4-10,26H,3,11-13H2,1-2H3,(H,21,27). The van der Waals surface area contributed by atoms with Crippen LogP contribution >= 0.6 is 0 Å². The number of anilines is 1. The zero-order chi connectivity index (χ0) is 19.0. The van der Waals surface area contributed by atoms with Gasteiger partial charge in [-0.15, -0.1) is 5.10 Å². The highest BCUT2D eigenvalue weighted by molar-refractivity contribution is 5.90. The number of nitrogens with one attached hydrogen (secondary N) is 1. The number of fused-ring (bicyclic) bond motifs is 1. The number of hydrogen-bond acceptors (Lipinski definition) is 5. The van der Waals surface area contributed by atoms with Gasteiger partial charge in [0, 0.05) is 31.1 Å². The summed E-state index contributed by atoms with van der Waals surface area (Å²) in [6.45, 7) is 3.87. The third-order valence-corrected chi connectivity index (χ3v) is 5.51. The Morgan fingerprint density at radius 1 is 1.30 bits per heavy atom. The van der Waals surface area contributed by atoms with Crippen LogP contribution in [0, 0.1) is 0 Å². The van der Waals surface area contributed by atoms with Crippen molar-refractivity contribution >= 4 is 17.2 Å². The number of aliphatic hydroxyl groups excluding tert-OH is 1. The number of carbonyl (C=O) groups excluding carboxylic acids is 1. The smallest absolute Gasteiger partial charge is 0.290 e. The van der Waals surface area contributed by atoms with E-state index in [0.29, 0.717) is 11.2 Å². The van der Waals surface area contributed by atoms with Crippen LogP contribution in [0.25, 0.3) is 5.65 Å². The second kappa shape index (κ2) is 6.66. The normalized spacial score (nSPS) is 15.6. The van der Waals surface area contributed by atoms with Crippen LogP contribution in [0.4, 0.5) is 5.69 Å². The van der Waals surface area contributed by atoms with Gasteiger partial charge in [0.05, 0.1) is 18.5 Å². The van der Waals surface area contributed by atoms with Gasteiger partial charge in [-0.3, -0.25) is 4.79 Å². The average Bonchev–Trinajstić information content (AvgIpc) is 3.11. The summed E-state index contributed by atoms with van der Waals surface area (Å²) in [4.78, 5) is 18.4. The quantitative estimate of drug-likeness (QED) is 0.720. The monoisotopic (exact) mass is 365 g/mol. The Bertz CT molecular complexity index is 977. The molecule has 3 aromatic rings. The Kier molecular flexibility index (Phi) is 4.31. The lowest BCUT2D eigenvalue weighted by Gasteiger charge is -2.51. The molecular formula is C20H23N5O2. The number of amides is 1. The maximum absolute atomic E-state index is 11.8. The minimum Gasteiger partial charge on any atom is -0.392 e. The SMILES string of the molecule is CCC1(c2ccccc2)CN(c2cc(CO)c3nc(C(=O)NC)nn3c2)C1. The van der Waals surface area contributed by atoms with Crippen molar-refractivity contribution in [3.63, 3.8) is 0 Å². The number of aromatic nitrogens is 3. The molecule has 1 saturated heterocycles. The summed E-state index contributed by atoms with van der Waals surface area (Å²) in [5.74, 6) is -0.248. The minimum atomic E-state index is -0.345. The molecule has 27 heavy (non-hydrogen) atoms. The summed E-state index contributed by atoms with van der Waals surface area (Å²) in [5, 5.41) is 16.6. The molecule has 4 rings (SSSR count). The van der Waals surface area contributed by atoms with Crippen LogP contribution in [0.5, 0.6) is 0 Å². The summed E-state index contributed by atoms with van der Waals surface area (Å²) in [5.41, 5.74) is 3.63. The molecule has 0 saturated carbocycles. The number of aliphatic hydroxyl groups is 1. The summed E-state index contributed by atoms with van der Waals surface area (Å²) < 4.78 is 1.58. The van der Waals surface area contributed by atoms with Gasteiger partial charge in [0.15, 0.2) is 5.65 Å². The van der Waals surface area contributed by atoms with Crippen molar-refractivity contribution < 1.29 is 9.90 Å². The van der Waals surface area contributed by atoms with Crippen molar-refractivity contribution in [3.8, 4) is 0 Å². The molecule has 3 heterocycles. The molecule has 1 aliphatic rings. The first kappa shape index (κ1) is 17.5. The predicted octanol–water partition coefficient (Wildman–Crippen LogP) is 1.75. The number of benzene rings is 1. The van der Waals surface area contributed by atoms with Gasteiger partial charge in [-0.2, -0.15) is 0 Å². The Labute approximate surface area is 157 Å². The van der Waals surface area contributed by atoms with Crippen molar-refractivity contribution in [2.45, 2.75) is 25.4 Å². The van der Waals surface area contributed by atoms with Gasteiger partial charge in [0.1, 0.15) is 0 Å². The summed E-state index contributed by atoms with van der Waals surface area (Å²) >= 11 is 0. The van der Waals surface area contributed by atoms with Gasteiger partial charge in [-0.25, -0.2) is 9.50 Å². The van der Waals surface area contributed by atoms with Gasteiger partial charge >= 0.3 is 0 Å². The Hall–Kier alpha value is -2.93. The molecule has 1 fully saturated rings. The predicted molar refractivity (Wildman–Crippen MR) is 103 cm³/mol. The van der Waals surface area contributed by atoms with Gasteiger partial charge in [-0.1, -0.05) is 37.3 Å². The van der Waals surface area contributed by atoms with Gasteiger partial charge in [0.25, 0.3) is 5.91 Å². The van der Waals surface area contributed by atoms with Gasteiger partial charge in [0.2, 0.25) is 5.82 Å². The number of carbonyl (C=O) groups is 1. The second-order valence-corrected chi connectivity index (χ2v) is 7.02. The van der Waals surface area contributed by atoms with Crippen LogP contribution in [-0.4, -0.2) is 45.7 Å². The third kappa shape index (κ3) is 2.84. The molecule has 1 amide bonds. The molecule has 1 aromatic carbocycles. The molecule has 0 atom stereocenters. The maximum atomic E-state index is 11.8. The van der Waals surface area contributed by atoms with E-state index in [1.165, 1.54) is 5.56 Å². The van der Waals surface area contributed by atoms with Crippen LogP contribution in [0.15, 0.2) is 42.6 Å². The molecule has 2 aromatic heterocycles. The molecule has 0 spiro atoms. The first-order valence-electron chi connectivity index (χ1n) is 9.13. The molecule has 0 unspecified atom stereocenters. The van der Waals surface area contributed by atoms with Crippen LogP contribution in [0.1, 0.15) is 35.1 Å². The Morgan fingerprint density at radius 3 is 2.67 bits per heavy atom. The van der Waals surface area contributed by atoms with Crippen molar-refractivity contribution in [2.75, 3.05) is 25.0 Å².